The molecule has 1 fully saturated rings. The fourth-order valence-corrected chi connectivity index (χ4v) is 8.08. The van der Waals surface area contributed by atoms with Gasteiger partial charge in [-0.2, -0.15) is 16.1 Å². The molecule has 23 nitrogen and oxygen atoms in total. The molecule has 0 aromatic carbocycles. The normalized spacial score (nSPS) is 22.4. The lowest BCUT2D eigenvalue weighted by Crippen LogP contribution is -2.46. The van der Waals surface area contributed by atoms with Crippen LogP contribution in [0.1, 0.15) is 32.9 Å². The van der Waals surface area contributed by atoms with Gasteiger partial charge in [-0.1, -0.05) is 19.9 Å². The Morgan fingerprint density at radius 1 is 1.12 bits per heavy atom. The second kappa shape index (κ2) is 18.8. The van der Waals surface area contributed by atoms with Crippen LogP contribution in [0, 0.1) is 5.41 Å². The third-order valence-electron chi connectivity index (χ3n) is 7.11. The van der Waals surface area contributed by atoms with Crippen molar-refractivity contribution in [1.29, 1.82) is 0 Å². The largest absolute Gasteiger partial charge is 0.481 e. The van der Waals surface area contributed by atoms with Gasteiger partial charge in [0.2, 0.25) is 11.8 Å². The molecule has 0 bridgehead atoms. The average molecular weight is 822 g/mol. The van der Waals surface area contributed by atoms with E-state index in [1.54, 1.807) is 17.8 Å². The van der Waals surface area contributed by atoms with E-state index >= 15 is 0 Å². The Balaban J connectivity index is 1.53. The topological polar surface area (TPSA) is 347 Å². The van der Waals surface area contributed by atoms with Crippen LogP contribution in [-0.4, -0.2) is 123 Å². The molecule has 0 radical (unpaired) electrons. The van der Waals surface area contributed by atoms with Gasteiger partial charge in [0, 0.05) is 30.7 Å². The number of rotatable bonds is 22. The maximum Gasteiger partial charge on any atom is 0.481 e. The van der Waals surface area contributed by atoms with Crippen LogP contribution in [0.25, 0.3) is 11.2 Å². The number of nitrogens with zero attached hydrogens (tertiary/aromatic N) is 4. The monoisotopic (exact) mass is 821 g/mol. The number of thioether (sulfide) groups is 1. The Labute approximate surface area is 301 Å². The number of fused-ring (bicyclic) bond motifs is 1. The highest BCUT2D eigenvalue weighted by Gasteiger charge is 2.50. The molecule has 27 heteroatoms. The number of aliphatic hydroxyl groups is 2. The summed E-state index contributed by atoms with van der Waals surface area (Å²) in [7, 11) is -16.3. The minimum Gasteiger partial charge on any atom is -0.386 e. The van der Waals surface area contributed by atoms with E-state index < -0.39 is 78.6 Å². The summed E-state index contributed by atoms with van der Waals surface area (Å²) in [6.45, 7) is 4.50. The van der Waals surface area contributed by atoms with Gasteiger partial charge in [-0.15, -0.1) is 6.58 Å². The van der Waals surface area contributed by atoms with E-state index in [-0.39, 0.29) is 35.9 Å². The SMILES string of the molecule is C=CCCSCCNC(=O)CCNC(=O)[C@H](O)C(C)(C)COP(=O)(O)OP(=O)(O)OC[C@H]1O[C@@H](n2cnc3c(N)ncnc32)[C@H](O)[C@@H]1OP(=O)(O)O. The van der Waals surface area contributed by atoms with Crippen molar-refractivity contribution < 1.29 is 75.7 Å². The van der Waals surface area contributed by atoms with E-state index in [9.17, 15) is 53.1 Å². The Kier molecular flexibility index (Phi) is 15.9. The highest BCUT2D eigenvalue weighted by Crippen LogP contribution is 2.61. The van der Waals surface area contributed by atoms with Gasteiger partial charge in [0.15, 0.2) is 17.7 Å². The number of nitrogen functional groups attached to an aromatic ring is 1. The molecular formula is C25H42N7O16P3S. The number of hydrogen-bond donors (Lipinski definition) is 9. The molecule has 0 aliphatic carbocycles. The zero-order valence-corrected chi connectivity index (χ0v) is 31.4. The number of anilines is 1. The van der Waals surface area contributed by atoms with Gasteiger partial charge in [-0.25, -0.2) is 28.6 Å². The summed E-state index contributed by atoms with van der Waals surface area (Å²) in [5.41, 5.74) is 4.31. The van der Waals surface area contributed by atoms with Crippen LogP contribution in [0.4, 0.5) is 5.82 Å². The van der Waals surface area contributed by atoms with Crippen LogP contribution < -0.4 is 16.4 Å². The van der Waals surface area contributed by atoms with Crippen LogP contribution in [-0.2, 0) is 45.9 Å². The Hall–Kier alpha value is -2.37. The number of phosphoric ester groups is 3. The first-order valence-corrected chi connectivity index (χ1v) is 20.9. The summed E-state index contributed by atoms with van der Waals surface area (Å²) < 4.78 is 62.0. The highest BCUT2D eigenvalue weighted by atomic mass is 32.2. The smallest absolute Gasteiger partial charge is 0.386 e. The number of imidazole rings is 1. The van der Waals surface area contributed by atoms with E-state index in [1.807, 2.05) is 0 Å². The third-order valence-corrected chi connectivity index (χ3v) is 11.2. The number of carbonyl (C=O) groups is 2. The second-order valence-electron chi connectivity index (χ2n) is 11.8. The standard InChI is InChI=1S/C25H42N7O16P3S/c1-4-5-9-52-10-8-27-16(33)6-7-28-23(36)20(35)25(2,3)12-45-51(42,43)48-50(40,41)44-11-15-19(47-49(37,38)39)18(34)24(46-15)32-14-31-17-21(26)29-13-30-22(17)32/h4,13-15,18-20,24,34-35H,1,5-12H2,2-3H3,(H,27,33)(H,28,36)(H,40,41)(H,42,43)(H2,26,29,30)(H2,37,38,39)/t15-,18-,19-,20+,24-/m1/s1. The Bertz CT molecular complexity index is 1700. The fourth-order valence-electron chi connectivity index (χ4n) is 4.47. The van der Waals surface area contributed by atoms with Gasteiger partial charge >= 0.3 is 23.5 Å². The van der Waals surface area contributed by atoms with Gasteiger partial charge in [-0.05, 0) is 12.2 Å². The molecule has 0 saturated carbocycles. The molecule has 10 N–H and O–H groups in total. The number of nitrogens with one attached hydrogen (secondary N) is 2. The zero-order chi connectivity index (χ0) is 38.9. The molecule has 7 atom stereocenters. The van der Waals surface area contributed by atoms with Gasteiger partial charge in [-0.3, -0.25) is 27.7 Å². The molecule has 2 unspecified atom stereocenters. The number of aromatic nitrogens is 4. The van der Waals surface area contributed by atoms with E-state index in [0.29, 0.717) is 12.3 Å². The third kappa shape index (κ3) is 13.2. The van der Waals surface area contributed by atoms with Crippen molar-refractivity contribution in [2.45, 2.75) is 57.3 Å². The molecule has 52 heavy (non-hydrogen) atoms. The number of phosphoric acid groups is 3. The summed E-state index contributed by atoms with van der Waals surface area (Å²) in [5.74, 6) is 0.270. The molecule has 2 amide bonds. The molecular weight excluding hydrogens is 779 g/mol. The van der Waals surface area contributed by atoms with Crippen molar-refractivity contribution in [1.82, 2.24) is 30.2 Å². The number of carbonyl (C=O) groups excluding carboxylic acids is 2. The highest BCUT2D eigenvalue weighted by molar-refractivity contribution is 7.99. The predicted octanol–water partition coefficient (Wildman–Crippen LogP) is -0.286. The molecule has 2 aromatic heterocycles. The number of aliphatic hydroxyl groups excluding tert-OH is 2. The molecule has 0 spiro atoms. The number of nitrogens with two attached hydrogens (primary N) is 1. The summed E-state index contributed by atoms with van der Waals surface area (Å²) in [5, 5.41) is 26.4. The van der Waals surface area contributed by atoms with Crippen molar-refractivity contribution in [2.75, 3.05) is 43.5 Å². The quantitative estimate of drug-likeness (QED) is 0.0419. The fraction of sp³-hybridized carbons (Fsp3) is 0.640. The molecule has 1 aliphatic rings. The maximum atomic E-state index is 12.6. The molecule has 1 saturated heterocycles. The van der Waals surface area contributed by atoms with Gasteiger partial charge < -0.3 is 50.9 Å². The first kappa shape index (κ1) is 44.0. The lowest BCUT2D eigenvalue weighted by atomic mass is 9.87. The summed E-state index contributed by atoms with van der Waals surface area (Å²) >= 11 is 1.64. The van der Waals surface area contributed by atoms with Crippen LogP contribution in [0.15, 0.2) is 25.3 Å². The van der Waals surface area contributed by atoms with E-state index in [2.05, 4.69) is 41.0 Å². The molecule has 3 rings (SSSR count). The van der Waals surface area contributed by atoms with E-state index in [4.69, 9.17) is 19.5 Å². The molecule has 294 valence electrons. The van der Waals surface area contributed by atoms with Gasteiger partial charge in [0.05, 0.1) is 19.5 Å². The minimum atomic E-state index is -5.54. The van der Waals surface area contributed by atoms with Crippen LogP contribution in [0.3, 0.4) is 0 Å². The Morgan fingerprint density at radius 3 is 2.48 bits per heavy atom. The molecule has 2 aromatic rings. The minimum absolute atomic E-state index is 0.0356. The van der Waals surface area contributed by atoms with Crippen molar-refractivity contribution in [3.63, 3.8) is 0 Å². The second-order valence-corrected chi connectivity index (χ2v) is 17.2. The van der Waals surface area contributed by atoms with Gasteiger partial charge in [0.1, 0.15) is 36.3 Å². The summed E-state index contributed by atoms with van der Waals surface area (Å²) in [6.07, 6.45) is -4.08. The first-order chi connectivity index (χ1) is 24.2. The molecule has 1 aliphatic heterocycles. The summed E-state index contributed by atoms with van der Waals surface area (Å²) in [4.78, 5) is 75.3. The number of allylic oxidation sites excluding steroid dienone is 1. The zero-order valence-electron chi connectivity index (χ0n) is 27.9. The van der Waals surface area contributed by atoms with Crippen LogP contribution in [0.5, 0.6) is 0 Å². The lowest BCUT2D eigenvalue weighted by Gasteiger charge is -2.30. The van der Waals surface area contributed by atoms with E-state index in [1.165, 1.54) is 13.8 Å². The predicted molar refractivity (Wildman–Crippen MR) is 182 cm³/mol. The maximum absolute atomic E-state index is 12.6. The average Bonchev–Trinajstić information content (AvgIpc) is 3.60. The molecule has 3 heterocycles. The van der Waals surface area contributed by atoms with E-state index in [0.717, 1.165) is 29.4 Å². The first-order valence-electron chi connectivity index (χ1n) is 15.2. The van der Waals surface area contributed by atoms with Crippen molar-refractivity contribution in [2.24, 2.45) is 5.41 Å². The Morgan fingerprint density at radius 2 is 1.81 bits per heavy atom. The lowest BCUT2D eigenvalue weighted by molar-refractivity contribution is -0.137. The number of ether oxygens (including phenoxy) is 1. The summed E-state index contributed by atoms with van der Waals surface area (Å²) in [6, 6.07) is 0. The number of hydrogen-bond acceptors (Lipinski definition) is 17. The van der Waals surface area contributed by atoms with Crippen molar-refractivity contribution in [3.05, 3.63) is 25.3 Å². The van der Waals surface area contributed by atoms with Crippen LogP contribution in [0.2, 0.25) is 0 Å². The van der Waals surface area contributed by atoms with Crippen molar-refractivity contribution in [3.8, 4) is 0 Å². The van der Waals surface area contributed by atoms with Crippen molar-refractivity contribution >= 4 is 64.0 Å². The van der Waals surface area contributed by atoms with Gasteiger partial charge in [0.25, 0.3) is 0 Å². The number of amides is 2. The van der Waals surface area contributed by atoms with Crippen LogP contribution >= 0.6 is 35.2 Å².